The van der Waals surface area contributed by atoms with E-state index < -0.39 is 28.5 Å². The normalized spacial score (nSPS) is 12.5. The van der Waals surface area contributed by atoms with Crippen LogP contribution in [0.25, 0.3) is 0 Å². The van der Waals surface area contributed by atoms with E-state index in [0.717, 1.165) is 21.0 Å². The van der Waals surface area contributed by atoms with E-state index in [1.165, 1.54) is 17.0 Å². The van der Waals surface area contributed by atoms with Gasteiger partial charge in [0.05, 0.1) is 17.7 Å². The van der Waals surface area contributed by atoms with E-state index in [1.807, 2.05) is 69.3 Å². The van der Waals surface area contributed by atoms with Gasteiger partial charge in [0.1, 0.15) is 18.3 Å². The highest BCUT2D eigenvalue weighted by Crippen LogP contribution is 2.25. The Morgan fingerprint density at radius 1 is 0.844 bits per heavy atom. The highest BCUT2D eigenvalue weighted by atomic mass is 32.2. The minimum absolute atomic E-state index is 0.0642. The Balaban J connectivity index is 1.80. The largest absolute Gasteiger partial charge is 0.497 e. The molecule has 0 radical (unpaired) electrons. The molecule has 4 aromatic carbocycles. The van der Waals surface area contributed by atoms with Crippen LogP contribution < -0.4 is 14.4 Å². The zero-order chi connectivity index (χ0) is 32.4. The van der Waals surface area contributed by atoms with Crippen LogP contribution >= 0.6 is 0 Å². The van der Waals surface area contributed by atoms with Crippen molar-refractivity contribution < 1.29 is 22.7 Å². The minimum Gasteiger partial charge on any atom is -0.497 e. The van der Waals surface area contributed by atoms with Crippen molar-refractivity contribution in [3.8, 4) is 5.75 Å². The van der Waals surface area contributed by atoms with Gasteiger partial charge in [-0.25, -0.2) is 8.42 Å². The molecular formula is C36H41N3O5S. The quantitative estimate of drug-likeness (QED) is 0.192. The molecule has 0 aliphatic heterocycles. The maximum Gasteiger partial charge on any atom is 0.264 e. The van der Waals surface area contributed by atoms with Gasteiger partial charge in [0.25, 0.3) is 10.0 Å². The molecule has 0 aliphatic rings. The van der Waals surface area contributed by atoms with Gasteiger partial charge in [0, 0.05) is 19.0 Å². The smallest absolute Gasteiger partial charge is 0.264 e. The minimum atomic E-state index is -4.15. The molecule has 2 atom stereocenters. The van der Waals surface area contributed by atoms with Crippen LogP contribution in [0.1, 0.15) is 37.0 Å². The van der Waals surface area contributed by atoms with Crippen molar-refractivity contribution in [2.45, 2.75) is 57.1 Å². The van der Waals surface area contributed by atoms with E-state index in [-0.39, 0.29) is 29.8 Å². The van der Waals surface area contributed by atoms with Crippen molar-refractivity contribution in [1.82, 2.24) is 10.2 Å². The van der Waals surface area contributed by atoms with E-state index in [1.54, 1.807) is 55.6 Å². The number of methoxy groups -OCH3 is 1. The lowest BCUT2D eigenvalue weighted by Crippen LogP contribution is -2.54. The fraction of sp³-hybridized carbons (Fsp3) is 0.278. The number of hydrogen-bond donors (Lipinski definition) is 1. The topological polar surface area (TPSA) is 96.0 Å². The lowest BCUT2D eigenvalue weighted by molar-refractivity contribution is -0.140. The summed E-state index contributed by atoms with van der Waals surface area (Å²) in [7, 11) is -2.58. The van der Waals surface area contributed by atoms with Gasteiger partial charge in [-0.05, 0) is 67.8 Å². The molecule has 0 spiro atoms. The van der Waals surface area contributed by atoms with E-state index in [2.05, 4.69) is 5.32 Å². The fourth-order valence-electron chi connectivity index (χ4n) is 4.92. The van der Waals surface area contributed by atoms with Crippen LogP contribution in [0, 0.1) is 6.92 Å². The van der Waals surface area contributed by atoms with Crippen LogP contribution in [0.2, 0.25) is 0 Å². The van der Waals surface area contributed by atoms with E-state index in [0.29, 0.717) is 17.9 Å². The number of sulfonamides is 1. The lowest BCUT2D eigenvalue weighted by atomic mass is 10.0. The average Bonchev–Trinajstić information content (AvgIpc) is 3.06. The number of carbonyl (C=O) groups excluding carboxylic acids is 2. The van der Waals surface area contributed by atoms with Gasteiger partial charge in [0.2, 0.25) is 11.8 Å². The summed E-state index contributed by atoms with van der Waals surface area (Å²) in [5, 5.41) is 3.05. The van der Waals surface area contributed by atoms with Crippen molar-refractivity contribution in [2.75, 3.05) is 18.0 Å². The van der Waals surface area contributed by atoms with Gasteiger partial charge in [-0.2, -0.15) is 0 Å². The number of para-hydroxylation sites is 1. The lowest BCUT2D eigenvalue weighted by Gasteiger charge is -2.34. The number of carbonyl (C=O) groups is 2. The SMILES string of the molecule is CC[C@H](C)NC(=O)[C@@H](Cc1ccccc1)N(Cc1cccc(OC)c1)C(=O)CN(c1ccccc1)S(=O)(=O)c1ccc(C)cc1. The first kappa shape index (κ1) is 33.3. The summed E-state index contributed by atoms with van der Waals surface area (Å²) in [6, 6.07) is 30.8. The number of nitrogens with zero attached hydrogens (tertiary/aromatic N) is 2. The molecule has 4 rings (SSSR count). The molecule has 0 aliphatic carbocycles. The zero-order valence-electron chi connectivity index (χ0n) is 26.2. The molecule has 4 aromatic rings. The number of rotatable bonds is 14. The van der Waals surface area contributed by atoms with Crippen LogP contribution in [0.3, 0.4) is 0 Å². The molecule has 0 bridgehead atoms. The molecule has 0 heterocycles. The number of ether oxygens (including phenoxy) is 1. The maximum absolute atomic E-state index is 14.5. The number of hydrogen-bond acceptors (Lipinski definition) is 5. The summed E-state index contributed by atoms with van der Waals surface area (Å²) in [5.74, 6) is -0.217. The third-order valence-electron chi connectivity index (χ3n) is 7.69. The van der Waals surface area contributed by atoms with Gasteiger partial charge in [-0.3, -0.25) is 13.9 Å². The molecule has 0 aromatic heterocycles. The van der Waals surface area contributed by atoms with E-state index in [9.17, 15) is 18.0 Å². The Kier molecular flexibility index (Phi) is 11.4. The number of nitrogens with one attached hydrogen (secondary N) is 1. The second kappa shape index (κ2) is 15.4. The predicted octanol–water partition coefficient (Wildman–Crippen LogP) is 5.75. The summed E-state index contributed by atoms with van der Waals surface area (Å²) in [5.41, 5.74) is 2.87. The molecule has 1 N–H and O–H groups in total. The van der Waals surface area contributed by atoms with E-state index in [4.69, 9.17) is 4.74 Å². The summed E-state index contributed by atoms with van der Waals surface area (Å²) in [6.07, 6.45) is 0.957. The Bertz CT molecular complexity index is 1660. The van der Waals surface area contributed by atoms with Crippen molar-refractivity contribution in [2.24, 2.45) is 0 Å². The van der Waals surface area contributed by atoms with Crippen LogP contribution in [0.5, 0.6) is 5.75 Å². The predicted molar refractivity (Wildman–Crippen MR) is 178 cm³/mol. The first-order chi connectivity index (χ1) is 21.6. The van der Waals surface area contributed by atoms with Gasteiger partial charge in [0.15, 0.2) is 0 Å². The molecule has 0 saturated carbocycles. The highest BCUT2D eigenvalue weighted by Gasteiger charge is 2.35. The number of anilines is 1. The molecule has 9 heteroatoms. The zero-order valence-corrected chi connectivity index (χ0v) is 27.0. The third-order valence-corrected chi connectivity index (χ3v) is 9.48. The van der Waals surface area contributed by atoms with Gasteiger partial charge >= 0.3 is 0 Å². The van der Waals surface area contributed by atoms with Crippen molar-refractivity contribution >= 4 is 27.5 Å². The van der Waals surface area contributed by atoms with Crippen LogP contribution in [-0.2, 0) is 32.6 Å². The number of aryl methyl sites for hydroxylation is 1. The molecule has 0 unspecified atom stereocenters. The highest BCUT2D eigenvalue weighted by molar-refractivity contribution is 7.92. The monoisotopic (exact) mass is 627 g/mol. The van der Waals surface area contributed by atoms with Crippen molar-refractivity contribution in [3.63, 3.8) is 0 Å². The van der Waals surface area contributed by atoms with E-state index >= 15 is 0 Å². The number of amides is 2. The molecule has 8 nitrogen and oxygen atoms in total. The average molecular weight is 628 g/mol. The Hall–Kier alpha value is -4.63. The summed E-state index contributed by atoms with van der Waals surface area (Å²) in [6.45, 7) is 5.32. The standard InChI is InChI=1S/C36H41N3O5S/c1-5-28(3)37-36(41)34(24-29-13-8-6-9-14-29)38(25-30-15-12-18-32(23-30)44-4)35(40)26-39(31-16-10-7-11-17-31)45(42,43)33-21-19-27(2)20-22-33/h6-23,28,34H,5,24-26H2,1-4H3,(H,37,41)/t28-,34+/m0/s1. The summed E-state index contributed by atoms with van der Waals surface area (Å²) < 4.78 is 34.7. The summed E-state index contributed by atoms with van der Waals surface area (Å²) in [4.78, 5) is 30.0. The maximum atomic E-state index is 14.5. The molecule has 236 valence electrons. The van der Waals surface area contributed by atoms with Gasteiger partial charge < -0.3 is 15.0 Å². The first-order valence-electron chi connectivity index (χ1n) is 15.0. The van der Waals surface area contributed by atoms with Gasteiger partial charge in [-0.15, -0.1) is 0 Å². The van der Waals surface area contributed by atoms with Crippen molar-refractivity contribution in [3.05, 3.63) is 126 Å². The molecular weight excluding hydrogens is 586 g/mol. The fourth-order valence-corrected chi connectivity index (χ4v) is 6.34. The van der Waals surface area contributed by atoms with Crippen LogP contribution in [0.4, 0.5) is 5.69 Å². The Morgan fingerprint density at radius 2 is 1.47 bits per heavy atom. The number of benzene rings is 4. The van der Waals surface area contributed by atoms with Crippen LogP contribution in [-0.4, -0.2) is 50.9 Å². The molecule has 0 saturated heterocycles. The van der Waals surface area contributed by atoms with Gasteiger partial charge in [-0.1, -0.05) is 85.3 Å². The van der Waals surface area contributed by atoms with Crippen molar-refractivity contribution in [1.29, 1.82) is 0 Å². The third kappa shape index (κ3) is 8.73. The van der Waals surface area contributed by atoms with Crippen LogP contribution in [0.15, 0.2) is 114 Å². The second-order valence-electron chi connectivity index (χ2n) is 11.1. The first-order valence-corrected chi connectivity index (χ1v) is 16.5. The molecule has 45 heavy (non-hydrogen) atoms. The Labute approximate surface area is 266 Å². The Morgan fingerprint density at radius 3 is 2.09 bits per heavy atom. The summed E-state index contributed by atoms with van der Waals surface area (Å²) >= 11 is 0. The second-order valence-corrected chi connectivity index (χ2v) is 12.9. The molecule has 2 amide bonds. The molecule has 0 fully saturated rings.